The zero-order valence-electron chi connectivity index (χ0n) is 14.2. The minimum Gasteiger partial charge on any atom is -0.380 e. The Morgan fingerprint density at radius 2 is 1.83 bits per heavy atom. The van der Waals surface area contributed by atoms with Crippen LogP contribution in [0.2, 0.25) is 0 Å². The van der Waals surface area contributed by atoms with Crippen LogP contribution in [0, 0.1) is 17.3 Å². The molecule has 3 rings (SSSR count). The molecule has 2 N–H and O–H groups in total. The van der Waals surface area contributed by atoms with Crippen molar-refractivity contribution in [3.63, 3.8) is 0 Å². The van der Waals surface area contributed by atoms with Crippen LogP contribution in [0.5, 0.6) is 0 Å². The Labute approximate surface area is 137 Å². The number of hydrogen-bond acceptors (Lipinski definition) is 4. The van der Waals surface area contributed by atoms with Gasteiger partial charge >= 0.3 is 0 Å². The molecule has 4 heteroatoms. The summed E-state index contributed by atoms with van der Waals surface area (Å²) < 4.78 is 0. The first kappa shape index (κ1) is 16.0. The summed E-state index contributed by atoms with van der Waals surface area (Å²) in [5.74, 6) is 1.14. The third-order valence-corrected chi connectivity index (χ3v) is 5.18. The van der Waals surface area contributed by atoms with Crippen molar-refractivity contribution in [3.05, 3.63) is 44.4 Å². The van der Waals surface area contributed by atoms with Gasteiger partial charge in [-0.3, -0.25) is 9.59 Å². The monoisotopic (exact) mass is 314 g/mol. The molecule has 0 aliphatic heterocycles. The lowest BCUT2D eigenvalue weighted by molar-refractivity contribution is 0.293. The van der Waals surface area contributed by atoms with Gasteiger partial charge in [-0.15, -0.1) is 0 Å². The first-order valence-corrected chi connectivity index (χ1v) is 8.59. The quantitative estimate of drug-likeness (QED) is 0.818. The van der Waals surface area contributed by atoms with Gasteiger partial charge in [0.05, 0.1) is 0 Å². The maximum Gasteiger partial charge on any atom is 0.253 e. The third kappa shape index (κ3) is 3.26. The lowest BCUT2D eigenvalue weighted by atomic mass is 9.77. The summed E-state index contributed by atoms with van der Waals surface area (Å²) in [7, 11) is 0. The minimum absolute atomic E-state index is 0.232. The molecule has 0 saturated heterocycles. The van der Waals surface area contributed by atoms with Gasteiger partial charge in [0.1, 0.15) is 11.4 Å². The molecular weight excluding hydrogens is 288 g/mol. The number of rotatable bonds is 5. The van der Waals surface area contributed by atoms with E-state index in [1.165, 1.54) is 19.3 Å². The Bertz CT molecular complexity index is 711. The van der Waals surface area contributed by atoms with Gasteiger partial charge in [0.2, 0.25) is 0 Å². The Hall–Kier alpha value is -1.84. The summed E-state index contributed by atoms with van der Waals surface area (Å²) in [6.45, 7) is 7.48. The fourth-order valence-corrected chi connectivity index (χ4v) is 3.12. The smallest absolute Gasteiger partial charge is 0.253 e. The van der Waals surface area contributed by atoms with Gasteiger partial charge in [-0.1, -0.05) is 39.3 Å². The van der Waals surface area contributed by atoms with E-state index in [4.69, 9.17) is 0 Å². The second-order valence-electron chi connectivity index (χ2n) is 7.94. The number of nitrogens with one attached hydrogen (secondary N) is 2. The lowest BCUT2D eigenvalue weighted by Gasteiger charge is -2.30. The van der Waals surface area contributed by atoms with Crippen molar-refractivity contribution in [2.45, 2.75) is 46.5 Å². The van der Waals surface area contributed by atoms with Gasteiger partial charge in [0.15, 0.2) is 0 Å². The number of allylic oxidation sites excluding steroid dienone is 3. The van der Waals surface area contributed by atoms with Crippen molar-refractivity contribution >= 4 is 11.4 Å². The fraction of sp³-hybridized carbons (Fsp3) is 0.579. The molecule has 0 heterocycles. The normalized spacial score (nSPS) is 21.9. The average molecular weight is 314 g/mol. The van der Waals surface area contributed by atoms with Crippen LogP contribution in [-0.4, -0.2) is 6.54 Å². The highest BCUT2D eigenvalue weighted by Crippen LogP contribution is 2.33. The van der Waals surface area contributed by atoms with E-state index in [1.54, 1.807) is 0 Å². The van der Waals surface area contributed by atoms with E-state index in [9.17, 15) is 9.59 Å². The molecule has 0 bridgehead atoms. The van der Waals surface area contributed by atoms with Crippen LogP contribution in [-0.2, 0) is 0 Å². The largest absolute Gasteiger partial charge is 0.380 e. The van der Waals surface area contributed by atoms with Crippen molar-refractivity contribution in [2.75, 3.05) is 17.2 Å². The molecule has 0 aromatic heterocycles. The second kappa shape index (κ2) is 5.99. The van der Waals surface area contributed by atoms with Crippen molar-refractivity contribution < 1.29 is 0 Å². The third-order valence-electron chi connectivity index (χ3n) is 5.18. The molecule has 1 aromatic rings. The van der Waals surface area contributed by atoms with Crippen molar-refractivity contribution in [1.29, 1.82) is 0 Å². The highest BCUT2D eigenvalue weighted by Gasteiger charge is 2.26. The van der Waals surface area contributed by atoms with Gasteiger partial charge < -0.3 is 10.6 Å². The topological polar surface area (TPSA) is 58.2 Å². The van der Waals surface area contributed by atoms with Crippen LogP contribution in [0.15, 0.2) is 33.5 Å². The Morgan fingerprint density at radius 3 is 2.35 bits per heavy atom. The molecule has 0 radical (unpaired) electrons. The summed E-state index contributed by atoms with van der Waals surface area (Å²) in [4.78, 5) is 23.6. The van der Waals surface area contributed by atoms with E-state index in [1.807, 2.05) is 6.08 Å². The highest BCUT2D eigenvalue weighted by atomic mass is 16.2. The number of hydrogen-bond donors (Lipinski definition) is 2. The van der Waals surface area contributed by atoms with Gasteiger partial charge in [0, 0.05) is 12.2 Å². The summed E-state index contributed by atoms with van der Waals surface area (Å²) in [5, 5.41) is 6.31. The Balaban J connectivity index is 1.64. The van der Waals surface area contributed by atoms with Crippen LogP contribution in [0.4, 0.5) is 11.4 Å². The maximum absolute atomic E-state index is 11.8. The summed E-state index contributed by atoms with van der Waals surface area (Å²) in [6.07, 6.45) is 11.0. The molecule has 23 heavy (non-hydrogen) atoms. The van der Waals surface area contributed by atoms with E-state index < -0.39 is 5.43 Å². The molecule has 0 spiro atoms. The predicted molar refractivity (Wildman–Crippen MR) is 95.6 cm³/mol. The van der Waals surface area contributed by atoms with E-state index in [0.717, 1.165) is 18.7 Å². The van der Waals surface area contributed by atoms with Gasteiger partial charge in [0.25, 0.3) is 10.9 Å². The molecule has 1 atom stereocenters. The van der Waals surface area contributed by atoms with Crippen LogP contribution in [0.1, 0.15) is 46.5 Å². The molecule has 1 unspecified atom stereocenters. The predicted octanol–water partition coefficient (Wildman–Crippen LogP) is 3.41. The Kier molecular flexibility index (Phi) is 4.17. The number of anilines is 2. The summed E-state index contributed by atoms with van der Waals surface area (Å²) >= 11 is 0. The maximum atomic E-state index is 11.8. The van der Waals surface area contributed by atoms with Crippen LogP contribution < -0.4 is 21.5 Å². The molecular formula is C19H26N2O2. The highest BCUT2D eigenvalue weighted by molar-refractivity contribution is 5.76. The van der Waals surface area contributed by atoms with Crippen molar-refractivity contribution in [3.8, 4) is 0 Å². The lowest BCUT2D eigenvalue weighted by Crippen LogP contribution is -2.38. The minimum atomic E-state index is -0.409. The molecule has 2 aliphatic rings. The first-order chi connectivity index (χ1) is 10.9. The van der Waals surface area contributed by atoms with E-state index in [0.29, 0.717) is 23.2 Å². The van der Waals surface area contributed by atoms with Gasteiger partial charge in [-0.2, -0.15) is 0 Å². The van der Waals surface area contributed by atoms with Crippen LogP contribution in [0.25, 0.3) is 0 Å². The van der Waals surface area contributed by atoms with E-state index in [-0.39, 0.29) is 10.8 Å². The SMILES string of the molecule is CC(C)(C)C1C=CC(Nc2c(NCC3CCC3)c(=O)c2=O)=CC1. The molecule has 124 valence electrons. The van der Waals surface area contributed by atoms with Crippen LogP contribution in [0.3, 0.4) is 0 Å². The van der Waals surface area contributed by atoms with Gasteiger partial charge in [-0.25, -0.2) is 0 Å². The van der Waals surface area contributed by atoms with E-state index >= 15 is 0 Å². The second-order valence-corrected chi connectivity index (χ2v) is 7.94. The van der Waals surface area contributed by atoms with Crippen LogP contribution >= 0.6 is 0 Å². The molecule has 2 aliphatic carbocycles. The molecule has 1 aromatic carbocycles. The molecule has 4 nitrogen and oxygen atoms in total. The first-order valence-electron chi connectivity index (χ1n) is 8.59. The van der Waals surface area contributed by atoms with Crippen molar-refractivity contribution in [1.82, 2.24) is 0 Å². The molecule has 1 fully saturated rings. The fourth-order valence-electron chi connectivity index (χ4n) is 3.12. The van der Waals surface area contributed by atoms with Crippen molar-refractivity contribution in [2.24, 2.45) is 17.3 Å². The molecule has 1 saturated carbocycles. The zero-order chi connectivity index (χ0) is 16.6. The molecule has 0 amide bonds. The standard InChI is InChI=1S/C19H26N2O2/c1-19(2,3)13-7-9-14(10-8-13)21-16-15(17(22)18(16)23)20-11-12-5-4-6-12/h7,9-10,12-13,20-21H,4-6,8,11H2,1-3H3. The summed E-state index contributed by atoms with van der Waals surface area (Å²) in [5.41, 5.74) is 1.24. The summed E-state index contributed by atoms with van der Waals surface area (Å²) in [6, 6.07) is 0. The van der Waals surface area contributed by atoms with Gasteiger partial charge in [-0.05, 0) is 42.6 Å². The zero-order valence-corrected chi connectivity index (χ0v) is 14.2. The average Bonchev–Trinajstić information content (AvgIpc) is 2.47. The van der Waals surface area contributed by atoms with E-state index in [2.05, 4.69) is 43.6 Å². The Morgan fingerprint density at radius 1 is 1.13 bits per heavy atom.